The number of carbonyl (C=O) groups is 1. The second kappa shape index (κ2) is 8.24. The van der Waals surface area contributed by atoms with E-state index in [-0.39, 0.29) is 45.1 Å². The molecular formula is C23H20Cl2N6O4. The third-order valence-electron chi connectivity index (χ3n) is 6.72. The van der Waals surface area contributed by atoms with Gasteiger partial charge in [0.05, 0.1) is 21.1 Å². The predicted molar refractivity (Wildman–Crippen MR) is 131 cm³/mol. The van der Waals surface area contributed by atoms with Crippen molar-refractivity contribution in [1.29, 1.82) is 0 Å². The monoisotopic (exact) mass is 514 g/mol. The SMILES string of the molecule is CC1(C2(c3ccccc3)CC2)CC(Oc2c(Cl)cc(-n3nc(N)c(=O)[nH]c3=O)cc2Cl)=NNC1=O. The average molecular weight is 515 g/mol. The van der Waals surface area contributed by atoms with Gasteiger partial charge in [0.25, 0.3) is 5.56 Å². The van der Waals surface area contributed by atoms with Crippen LogP contribution in [0.1, 0.15) is 31.7 Å². The Bertz CT molecular complexity index is 1470. The van der Waals surface area contributed by atoms with Crippen LogP contribution in [0, 0.1) is 5.41 Å². The molecule has 180 valence electrons. The van der Waals surface area contributed by atoms with Crippen LogP contribution in [0.4, 0.5) is 5.82 Å². The standard InChI is InChI=1S/C23H20Cl2N6O4/c1-22(23(7-8-23)12-5-3-2-4-6-12)11-16(28-29-20(22)33)35-17-14(24)9-13(10-15(17)25)31-21(34)27-19(32)18(26)30-31/h2-6,9-10H,7-8,11H2,1H3,(H2,26,30)(H,29,33)(H,27,32,34). The van der Waals surface area contributed by atoms with E-state index in [2.05, 4.69) is 20.6 Å². The third-order valence-corrected chi connectivity index (χ3v) is 7.28. The van der Waals surface area contributed by atoms with Crippen molar-refractivity contribution >= 4 is 40.8 Å². The van der Waals surface area contributed by atoms with E-state index in [1.165, 1.54) is 12.1 Å². The highest BCUT2D eigenvalue weighted by molar-refractivity contribution is 6.37. The zero-order valence-corrected chi connectivity index (χ0v) is 20.0. The number of carbonyl (C=O) groups excluding carboxylic acids is 1. The van der Waals surface area contributed by atoms with Crippen molar-refractivity contribution in [2.45, 2.75) is 31.6 Å². The van der Waals surface area contributed by atoms with E-state index in [1.54, 1.807) is 0 Å². The number of aromatic amines is 1. The Morgan fingerprint density at radius 1 is 1.09 bits per heavy atom. The Hall–Kier alpha value is -3.63. The zero-order valence-electron chi connectivity index (χ0n) is 18.5. The largest absolute Gasteiger partial charge is 0.438 e. The fourth-order valence-electron chi connectivity index (χ4n) is 4.62. The van der Waals surface area contributed by atoms with Crippen molar-refractivity contribution in [1.82, 2.24) is 20.2 Å². The molecule has 35 heavy (non-hydrogen) atoms. The lowest BCUT2D eigenvalue weighted by molar-refractivity contribution is -0.132. The van der Waals surface area contributed by atoms with Gasteiger partial charge in [-0.2, -0.15) is 4.68 Å². The molecule has 1 atom stereocenters. The molecule has 0 radical (unpaired) electrons. The zero-order chi connectivity index (χ0) is 25.0. The number of hydrazone groups is 1. The van der Waals surface area contributed by atoms with E-state index in [9.17, 15) is 14.4 Å². The first-order valence-corrected chi connectivity index (χ1v) is 11.5. The van der Waals surface area contributed by atoms with Gasteiger partial charge in [0.15, 0.2) is 5.75 Å². The Kier molecular flexibility index (Phi) is 5.45. The first-order valence-electron chi connectivity index (χ1n) is 10.7. The number of amides is 1. The summed E-state index contributed by atoms with van der Waals surface area (Å²) in [5, 5.41) is 7.99. The minimum atomic E-state index is -0.809. The maximum Gasteiger partial charge on any atom is 0.349 e. The Morgan fingerprint density at radius 2 is 1.74 bits per heavy atom. The van der Waals surface area contributed by atoms with Gasteiger partial charge in [-0.1, -0.05) is 53.5 Å². The lowest BCUT2D eigenvalue weighted by atomic mass is 9.67. The van der Waals surface area contributed by atoms with E-state index in [1.807, 2.05) is 37.3 Å². The summed E-state index contributed by atoms with van der Waals surface area (Å²) in [7, 11) is 0. The van der Waals surface area contributed by atoms with E-state index in [0.29, 0.717) is 0 Å². The molecule has 4 N–H and O–H groups in total. The molecule has 1 unspecified atom stereocenters. The minimum absolute atomic E-state index is 0.0662. The molecule has 0 bridgehead atoms. The van der Waals surface area contributed by atoms with Crippen LogP contribution >= 0.6 is 23.2 Å². The molecule has 0 saturated heterocycles. The van der Waals surface area contributed by atoms with Crippen molar-refractivity contribution in [2.75, 3.05) is 5.73 Å². The summed E-state index contributed by atoms with van der Waals surface area (Å²) in [4.78, 5) is 38.7. The van der Waals surface area contributed by atoms with Crippen LogP contribution < -0.4 is 27.1 Å². The molecule has 1 aliphatic heterocycles. The Balaban J connectivity index is 1.45. The first kappa shape index (κ1) is 23.1. The molecule has 2 aromatic carbocycles. The number of ether oxygens (including phenoxy) is 1. The lowest BCUT2D eigenvalue weighted by Gasteiger charge is -2.39. The van der Waals surface area contributed by atoms with Gasteiger partial charge in [0.2, 0.25) is 17.6 Å². The molecule has 2 heterocycles. The number of aromatic nitrogens is 3. The number of benzene rings is 2. The quantitative estimate of drug-likeness (QED) is 0.488. The highest BCUT2D eigenvalue weighted by Crippen LogP contribution is 2.62. The number of nitrogen functional groups attached to an aromatic ring is 1. The van der Waals surface area contributed by atoms with Crippen molar-refractivity contribution < 1.29 is 9.53 Å². The number of hydrogen-bond donors (Lipinski definition) is 3. The number of hydrogen-bond acceptors (Lipinski definition) is 7. The van der Waals surface area contributed by atoms with Crippen molar-refractivity contribution in [3.8, 4) is 11.4 Å². The Morgan fingerprint density at radius 3 is 2.37 bits per heavy atom. The topological polar surface area (TPSA) is 144 Å². The predicted octanol–water partition coefficient (Wildman–Crippen LogP) is 2.76. The number of nitrogens with two attached hydrogens (primary N) is 1. The summed E-state index contributed by atoms with van der Waals surface area (Å²) < 4.78 is 6.83. The summed E-state index contributed by atoms with van der Waals surface area (Å²) >= 11 is 12.9. The normalized spacial score (nSPS) is 20.7. The Labute approximate surface area is 208 Å². The van der Waals surface area contributed by atoms with Gasteiger partial charge in [-0.15, -0.1) is 10.2 Å². The van der Waals surface area contributed by atoms with Crippen LogP contribution in [0.5, 0.6) is 5.75 Å². The smallest absolute Gasteiger partial charge is 0.349 e. The van der Waals surface area contributed by atoms with E-state index in [0.717, 1.165) is 23.1 Å². The number of anilines is 1. The molecule has 2 aliphatic rings. The molecule has 12 heteroatoms. The summed E-state index contributed by atoms with van der Waals surface area (Å²) in [6.45, 7) is 1.91. The summed E-state index contributed by atoms with van der Waals surface area (Å²) in [5.41, 5.74) is 6.65. The number of rotatable bonds is 4. The van der Waals surface area contributed by atoms with Gasteiger partial charge in [0.1, 0.15) is 0 Å². The maximum absolute atomic E-state index is 13.0. The highest BCUT2D eigenvalue weighted by Gasteiger charge is 2.62. The average Bonchev–Trinajstić information content (AvgIpc) is 3.64. The number of halogens is 2. The van der Waals surface area contributed by atoms with Crippen LogP contribution in [0.15, 0.2) is 57.2 Å². The molecule has 1 amide bonds. The maximum atomic E-state index is 13.0. The molecule has 1 aromatic heterocycles. The molecular weight excluding hydrogens is 495 g/mol. The highest BCUT2D eigenvalue weighted by atomic mass is 35.5. The van der Waals surface area contributed by atoms with Crippen LogP contribution in [-0.2, 0) is 10.2 Å². The van der Waals surface area contributed by atoms with Crippen molar-refractivity contribution in [3.63, 3.8) is 0 Å². The van der Waals surface area contributed by atoms with Gasteiger partial charge in [-0.25, -0.2) is 10.2 Å². The molecule has 10 nitrogen and oxygen atoms in total. The third kappa shape index (κ3) is 3.78. The van der Waals surface area contributed by atoms with Crippen LogP contribution in [-0.4, -0.2) is 26.6 Å². The van der Waals surface area contributed by atoms with Gasteiger partial charge < -0.3 is 10.5 Å². The van der Waals surface area contributed by atoms with E-state index in [4.69, 9.17) is 33.7 Å². The first-order chi connectivity index (χ1) is 16.6. The summed E-state index contributed by atoms with van der Waals surface area (Å²) in [6.07, 6.45) is 1.97. The molecule has 1 fully saturated rings. The summed E-state index contributed by atoms with van der Waals surface area (Å²) in [6, 6.07) is 12.7. The molecule has 1 saturated carbocycles. The fourth-order valence-corrected chi connectivity index (χ4v) is 5.17. The fraction of sp³-hybridized carbons (Fsp3) is 0.261. The number of nitrogens with one attached hydrogen (secondary N) is 2. The molecule has 3 aromatic rings. The van der Waals surface area contributed by atoms with Gasteiger partial charge in [0, 0.05) is 11.8 Å². The second-order valence-corrected chi connectivity index (χ2v) is 9.61. The van der Waals surface area contributed by atoms with Crippen LogP contribution in [0.3, 0.4) is 0 Å². The number of H-pyrrole nitrogens is 1. The lowest BCUT2D eigenvalue weighted by Crippen LogP contribution is -2.51. The molecule has 1 aliphatic carbocycles. The molecule has 0 spiro atoms. The minimum Gasteiger partial charge on any atom is -0.438 e. The van der Waals surface area contributed by atoms with Crippen LogP contribution in [0.25, 0.3) is 5.69 Å². The van der Waals surface area contributed by atoms with Gasteiger partial charge in [-0.3, -0.25) is 14.6 Å². The van der Waals surface area contributed by atoms with Gasteiger partial charge in [-0.05, 0) is 37.5 Å². The van der Waals surface area contributed by atoms with Crippen LogP contribution in [0.2, 0.25) is 10.0 Å². The van der Waals surface area contributed by atoms with Crippen molar-refractivity contribution in [2.24, 2.45) is 10.5 Å². The van der Waals surface area contributed by atoms with Gasteiger partial charge >= 0.3 is 5.69 Å². The number of nitrogens with zero attached hydrogens (tertiary/aromatic N) is 3. The van der Waals surface area contributed by atoms with Crippen molar-refractivity contribution in [3.05, 3.63) is 78.9 Å². The summed E-state index contributed by atoms with van der Waals surface area (Å²) in [5.74, 6) is -0.227. The second-order valence-electron chi connectivity index (χ2n) is 8.80. The van der Waals surface area contributed by atoms with E-state index >= 15 is 0 Å². The molecule has 5 rings (SSSR count). The van der Waals surface area contributed by atoms with E-state index < -0.39 is 22.5 Å².